The summed E-state index contributed by atoms with van der Waals surface area (Å²) in [6.45, 7) is 7.96. The monoisotopic (exact) mass is 635 g/mol. The lowest BCUT2D eigenvalue weighted by atomic mass is 9.94. The molecule has 5 heteroatoms. The van der Waals surface area contributed by atoms with E-state index in [2.05, 4.69) is 86.8 Å². The third-order valence-electron chi connectivity index (χ3n) is 9.61. The van der Waals surface area contributed by atoms with Crippen LogP contribution >= 0.6 is 0 Å². The van der Waals surface area contributed by atoms with Gasteiger partial charge in [0.2, 0.25) is 5.69 Å². The number of hydrogen-bond donors (Lipinski definition) is 0. The highest BCUT2D eigenvalue weighted by Gasteiger charge is 2.19. The highest BCUT2D eigenvalue weighted by molar-refractivity contribution is 6.14. The van der Waals surface area contributed by atoms with Crippen LogP contribution in [0.2, 0.25) is 0 Å². The second-order valence-electron chi connectivity index (χ2n) is 12.3. The van der Waals surface area contributed by atoms with Gasteiger partial charge in [-0.05, 0) is 71.1 Å². The second-order valence-corrected chi connectivity index (χ2v) is 12.3. The first-order valence-electron chi connectivity index (χ1n) is 16.3. The molecule has 0 fully saturated rings. The Morgan fingerprint density at radius 2 is 1.18 bits per heavy atom. The zero-order valence-corrected chi connectivity index (χ0v) is 26.7. The molecule has 0 aliphatic heterocycles. The van der Waals surface area contributed by atoms with Crippen molar-refractivity contribution in [3.63, 3.8) is 0 Å². The van der Waals surface area contributed by atoms with Crippen LogP contribution in [0.1, 0.15) is 11.1 Å². The molecule has 0 aliphatic carbocycles. The maximum absolute atomic E-state index is 10.6. The van der Waals surface area contributed by atoms with Gasteiger partial charge in [-0.1, -0.05) is 97.1 Å². The summed E-state index contributed by atoms with van der Waals surface area (Å²) < 4.78 is 4.39. The molecule has 0 bridgehead atoms. The smallest absolute Gasteiger partial charge is 0.211 e. The van der Waals surface area contributed by atoms with E-state index in [9.17, 15) is 10.5 Å². The molecule has 7 aromatic carbocycles. The first-order valence-corrected chi connectivity index (χ1v) is 16.3. The zero-order chi connectivity index (χ0) is 33.8. The van der Waals surface area contributed by atoms with E-state index in [1.807, 2.05) is 91.0 Å². The van der Waals surface area contributed by atoms with Gasteiger partial charge in [0.05, 0.1) is 57.6 Å². The van der Waals surface area contributed by atoms with Crippen molar-refractivity contribution in [1.29, 1.82) is 10.5 Å². The molecular formula is C45H25N5. The van der Waals surface area contributed by atoms with Gasteiger partial charge in [0, 0.05) is 33.0 Å². The third kappa shape index (κ3) is 4.31. The summed E-state index contributed by atoms with van der Waals surface area (Å²) in [6, 6.07) is 55.5. The number of benzene rings is 7. The lowest BCUT2D eigenvalue weighted by Crippen LogP contribution is -1.98. The Kier molecular flexibility index (Phi) is 6.56. The minimum atomic E-state index is 0.562. The Morgan fingerprint density at radius 1 is 0.500 bits per heavy atom. The van der Waals surface area contributed by atoms with E-state index in [1.54, 1.807) is 0 Å². The Bertz CT molecular complexity index is 2970. The molecule has 0 atom stereocenters. The third-order valence-corrected chi connectivity index (χ3v) is 9.61. The van der Waals surface area contributed by atoms with Crippen LogP contribution in [0.5, 0.6) is 0 Å². The number of aromatic nitrogens is 2. The summed E-state index contributed by atoms with van der Waals surface area (Å²) in [6.07, 6.45) is 0. The van der Waals surface area contributed by atoms with Crippen molar-refractivity contribution in [3.05, 3.63) is 174 Å². The first-order chi connectivity index (χ1) is 24.7. The average molecular weight is 636 g/mol. The molecule has 0 amide bonds. The standard InChI is InChI=1S/C45H25N5/c1-48-40-16-9-15-38-36-13-3-7-19-43(36)50(45(38)40)42-18-6-2-12-35(42)34-22-21-31(25-32(34)28-47)30-10-8-11-33(26-30)49-41-17-5-4-14-37(41)39-24-29(27-46)20-23-44(39)49/h2-26H. The molecule has 9 rings (SSSR count). The van der Waals surface area contributed by atoms with Gasteiger partial charge < -0.3 is 9.13 Å². The fourth-order valence-corrected chi connectivity index (χ4v) is 7.43. The van der Waals surface area contributed by atoms with Gasteiger partial charge in [-0.25, -0.2) is 4.85 Å². The van der Waals surface area contributed by atoms with E-state index in [4.69, 9.17) is 6.57 Å². The molecule has 0 radical (unpaired) electrons. The fourth-order valence-electron chi connectivity index (χ4n) is 7.43. The maximum atomic E-state index is 10.6. The summed E-state index contributed by atoms with van der Waals surface area (Å²) in [5.74, 6) is 0. The highest BCUT2D eigenvalue weighted by atomic mass is 15.0. The SMILES string of the molecule is [C-]#[N+]c1cccc2c3ccccc3n(-c3ccccc3-c3ccc(-c4cccc(-n5c6ccccc6c6cc(C#N)ccc65)c4)cc3C#N)c12. The number of para-hydroxylation sites is 4. The van der Waals surface area contributed by atoms with E-state index >= 15 is 0 Å². The van der Waals surface area contributed by atoms with Gasteiger partial charge in [0.15, 0.2) is 0 Å². The van der Waals surface area contributed by atoms with Crippen LogP contribution in [0.25, 0.3) is 82.1 Å². The zero-order valence-electron chi connectivity index (χ0n) is 26.7. The molecule has 2 aromatic heterocycles. The van der Waals surface area contributed by atoms with Crippen molar-refractivity contribution in [2.24, 2.45) is 0 Å². The summed E-state index contributed by atoms with van der Waals surface area (Å²) in [4.78, 5) is 3.89. The van der Waals surface area contributed by atoms with Crippen molar-refractivity contribution >= 4 is 49.3 Å². The van der Waals surface area contributed by atoms with E-state index in [0.717, 1.165) is 77.2 Å². The van der Waals surface area contributed by atoms with Crippen LogP contribution in [0.15, 0.2) is 152 Å². The predicted molar refractivity (Wildman–Crippen MR) is 202 cm³/mol. The number of hydrogen-bond acceptors (Lipinski definition) is 2. The molecule has 50 heavy (non-hydrogen) atoms. The largest absolute Gasteiger partial charge is 0.318 e. The van der Waals surface area contributed by atoms with Crippen LogP contribution in [-0.4, -0.2) is 9.13 Å². The van der Waals surface area contributed by atoms with Crippen LogP contribution in [0.3, 0.4) is 0 Å². The highest BCUT2D eigenvalue weighted by Crippen LogP contribution is 2.41. The summed E-state index contributed by atoms with van der Waals surface area (Å²) in [5.41, 5.74) is 11.3. The van der Waals surface area contributed by atoms with Gasteiger partial charge in [0.25, 0.3) is 0 Å². The molecule has 0 saturated carbocycles. The molecular weight excluding hydrogens is 611 g/mol. The molecule has 0 N–H and O–H groups in total. The number of nitriles is 2. The fraction of sp³-hybridized carbons (Fsp3) is 0. The van der Waals surface area contributed by atoms with Crippen LogP contribution in [0.4, 0.5) is 5.69 Å². The van der Waals surface area contributed by atoms with Crippen molar-refractivity contribution in [3.8, 4) is 45.8 Å². The van der Waals surface area contributed by atoms with Gasteiger partial charge in [-0.2, -0.15) is 10.5 Å². The quantitative estimate of drug-likeness (QED) is 0.181. The van der Waals surface area contributed by atoms with Gasteiger partial charge in [-0.3, -0.25) is 0 Å². The summed E-state index contributed by atoms with van der Waals surface area (Å²) in [7, 11) is 0. The van der Waals surface area contributed by atoms with E-state index < -0.39 is 0 Å². The topological polar surface area (TPSA) is 61.8 Å². The van der Waals surface area contributed by atoms with E-state index in [0.29, 0.717) is 16.8 Å². The minimum absolute atomic E-state index is 0.562. The Balaban J connectivity index is 1.20. The number of nitrogens with zero attached hydrogens (tertiary/aromatic N) is 5. The number of rotatable bonds is 4. The lowest BCUT2D eigenvalue weighted by Gasteiger charge is -2.16. The minimum Gasteiger partial charge on any atom is -0.318 e. The molecule has 0 aliphatic rings. The van der Waals surface area contributed by atoms with Gasteiger partial charge in [0.1, 0.15) is 0 Å². The maximum Gasteiger partial charge on any atom is 0.211 e. The lowest BCUT2D eigenvalue weighted by molar-refractivity contribution is 1.18. The van der Waals surface area contributed by atoms with Crippen LogP contribution in [-0.2, 0) is 0 Å². The predicted octanol–water partition coefficient (Wildman–Crippen LogP) is 11.5. The van der Waals surface area contributed by atoms with Crippen LogP contribution < -0.4 is 0 Å². The van der Waals surface area contributed by atoms with E-state index in [1.165, 1.54) is 0 Å². The Morgan fingerprint density at radius 3 is 1.98 bits per heavy atom. The molecule has 2 heterocycles. The summed E-state index contributed by atoms with van der Waals surface area (Å²) >= 11 is 0. The Hall–Kier alpha value is -7.39. The van der Waals surface area contributed by atoms with Crippen molar-refractivity contribution in [2.75, 3.05) is 0 Å². The first kappa shape index (κ1) is 28.8. The molecule has 9 aromatic rings. The molecule has 0 unspecified atom stereocenters. The average Bonchev–Trinajstić information content (AvgIpc) is 3.70. The molecule has 0 spiro atoms. The van der Waals surface area contributed by atoms with Crippen molar-refractivity contribution in [1.82, 2.24) is 9.13 Å². The number of fused-ring (bicyclic) bond motifs is 6. The van der Waals surface area contributed by atoms with Crippen molar-refractivity contribution < 1.29 is 0 Å². The molecule has 5 nitrogen and oxygen atoms in total. The van der Waals surface area contributed by atoms with Gasteiger partial charge in [-0.15, -0.1) is 0 Å². The van der Waals surface area contributed by atoms with Crippen molar-refractivity contribution in [2.45, 2.75) is 0 Å². The second kappa shape index (κ2) is 11.4. The summed E-state index contributed by atoms with van der Waals surface area (Å²) in [5, 5.41) is 24.3. The Labute approximate surface area is 288 Å². The normalized spacial score (nSPS) is 11.1. The molecule has 230 valence electrons. The van der Waals surface area contributed by atoms with Gasteiger partial charge >= 0.3 is 0 Å². The molecule has 0 saturated heterocycles. The van der Waals surface area contributed by atoms with Crippen LogP contribution in [0, 0.1) is 29.2 Å². The van der Waals surface area contributed by atoms with E-state index in [-0.39, 0.29) is 0 Å².